The predicted molar refractivity (Wildman–Crippen MR) is 118 cm³/mol. The maximum Gasteiger partial charge on any atom is 0.407 e. The fourth-order valence-corrected chi connectivity index (χ4v) is 5.29. The fourth-order valence-electron chi connectivity index (χ4n) is 3.49. The number of carbonyl (C=O) groups excluding carboxylic acids is 1. The van der Waals surface area contributed by atoms with Crippen LogP contribution in [0.1, 0.15) is 33.3 Å². The fraction of sp³-hybridized carbons (Fsp3) is 0.238. The van der Waals surface area contributed by atoms with Gasteiger partial charge >= 0.3 is 6.09 Å². The number of nitrogens with one attached hydrogen (secondary N) is 1. The minimum absolute atomic E-state index is 0.181. The lowest BCUT2D eigenvalue weighted by Gasteiger charge is -2.29. The van der Waals surface area contributed by atoms with Crippen molar-refractivity contribution in [1.82, 2.24) is 4.90 Å². The molecule has 2 aromatic heterocycles. The molecule has 0 aliphatic carbocycles. The van der Waals surface area contributed by atoms with Gasteiger partial charge in [-0.15, -0.1) is 22.7 Å². The summed E-state index contributed by atoms with van der Waals surface area (Å²) < 4.78 is 0. The molecule has 3 heterocycles. The van der Waals surface area contributed by atoms with Crippen molar-refractivity contribution in [1.29, 1.82) is 0 Å². The van der Waals surface area contributed by atoms with Crippen LogP contribution in [0.15, 0.2) is 47.8 Å². The second-order valence-corrected chi connectivity index (χ2v) is 9.04. The number of thiophene rings is 2. The van der Waals surface area contributed by atoms with Gasteiger partial charge in [0.25, 0.3) is 5.91 Å². The molecule has 1 saturated heterocycles. The number of carbonyl (C=O) groups is 2. The number of anilines is 2. The first-order valence-electron chi connectivity index (χ1n) is 9.33. The highest BCUT2D eigenvalue weighted by molar-refractivity contribution is 7.14. The average molecular weight is 428 g/mol. The van der Waals surface area contributed by atoms with Crippen molar-refractivity contribution in [2.75, 3.05) is 24.1 Å². The summed E-state index contributed by atoms with van der Waals surface area (Å²) in [7, 11) is 0. The van der Waals surface area contributed by atoms with Gasteiger partial charge in [0.15, 0.2) is 0 Å². The molecule has 1 aliphatic rings. The summed E-state index contributed by atoms with van der Waals surface area (Å²) in [5.41, 5.74) is 8.21. The Morgan fingerprint density at radius 2 is 1.93 bits per heavy atom. The van der Waals surface area contributed by atoms with Crippen LogP contribution in [0, 0.1) is 0 Å². The molecule has 6 nitrogen and oxygen atoms in total. The highest BCUT2D eigenvalue weighted by Crippen LogP contribution is 2.34. The molecule has 2 amide bonds. The summed E-state index contributed by atoms with van der Waals surface area (Å²) >= 11 is 3.10. The Labute approximate surface area is 176 Å². The first kappa shape index (κ1) is 19.5. The third-order valence-electron chi connectivity index (χ3n) is 5.13. The van der Waals surface area contributed by atoms with E-state index in [0.717, 1.165) is 28.2 Å². The van der Waals surface area contributed by atoms with Crippen LogP contribution in [-0.4, -0.2) is 35.1 Å². The van der Waals surface area contributed by atoms with Crippen LogP contribution in [0.5, 0.6) is 0 Å². The zero-order chi connectivity index (χ0) is 20.4. The summed E-state index contributed by atoms with van der Waals surface area (Å²) in [5, 5.41) is 14.0. The maximum absolute atomic E-state index is 12.8. The molecule has 0 atom stereocenters. The van der Waals surface area contributed by atoms with Crippen LogP contribution in [-0.2, 0) is 0 Å². The van der Waals surface area contributed by atoms with Crippen LogP contribution in [0.4, 0.5) is 16.2 Å². The van der Waals surface area contributed by atoms with Gasteiger partial charge in [-0.05, 0) is 60.0 Å². The molecule has 8 heteroatoms. The van der Waals surface area contributed by atoms with Crippen molar-refractivity contribution in [3.05, 3.63) is 57.6 Å². The van der Waals surface area contributed by atoms with E-state index in [9.17, 15) is 9.59 Å². The van der Waals surface area contributed by atoms with Gasteiger partial charge in [-0.3, -0.25) is 4.79 Å². The van der Waals surface area contributed by atoms with Crippen LogP contribution >= 0.6 is 22.7 Å². The van der Waals surface area contributed by atoms with Gasteiger partial charge in [-0.2, -0.15) is 0 Å². The molecule has 150 valence electrons. The number of amides is 2. The Bertz CT molecular complexity index is 1020. The Morgan fingerprint density at radius 3 is 2.62 bits per heavy atom. The van der Waals surface area contributed by atoms with E-state index in [0.29, 0.717) is 35.3 Å². The molecule has 4 rings (SSSR count). The molecule has 0 spiro atoms. The molecule has 1 fully saturated rings. The lowest BCUT2D eigenvalue weighted by molar-refractivity contribution is 0.103. The van der Waals surface area contributed by atoms with Gasteiger partial charge in [-0.25, -0.2) is 4.79 Å². The summed E-state index contributed by atoms with van der Waals surface area (Å²) in [4.78, 5) is 28.1. The average Bonchev–Trinajstić information content (AvgIpc) is 3.42. The summed E-state index contributed by atoms with van der Waals surface area (Å²) in [6, 6.07) is 13.5. The van der Waals surface area contributed by atoms with Crippen molar-refractivity contribution < 1.29 is 14.7 Å². The van der Waals surface area contributed by atoms with E-state index in [1.807, 2.05) is 41.8 Å². The molecule has 0 bridgehead atoms. The predicted octanol–water partition coefficient (Wildman–Crippen LogP) is 5.17. The van der Waals surface area contributed by atoms with Gasteiger partial charge in [0, 0.05) is 22.8 Å². The van der Waals surface area contributed by atoms with E-state index < -0.39 is 6.09 Å². The minimum Gasteiger partial charge on any atom is -0.465 e. The smallest absolute Gasteiger partial charge is 0.407 e. The quantitative estimate of drug-likeness (QED) is 0.501. The maximum atomic E-state index is 12.8. The molecule has 4 N–H and O–H groups in total. The summed E-state index contributed by atoms with van der Waals surface area (Å²) in [6.45, 7) is 1.07. The molecular formula is C21H21N3O3S2. The number of rotatable bonds is 4. The van der Waals surface area contributed by atoms with E-state index >= 15 is 0 Å². The largest absolute Gasteiger partial charge is 0.465 e. The first-order valence-corrected chi connectivity index (χ1v) is 11.0. The Balaban J connectivity index is 1.45. The third kappa shape index (κ3) is 4.28. The van der Waals surface area contributed by atoms with Crippen molar-refractivity contribution in [2.45, 2.75) is 18.8 Å². The third-order valence-corrected chi connectivity index (χ3v) is 7.29. The van der Waals surface area contributed by atoms with E-state index in [-0.39, 0.29) is 5.91 Å². The van der Waals surface area contributed by atoms with Crippen LogP contribution in [0.3, 0.4) is 0 Å². The van der Waals surface area contributed by atoms with Gasteiger partial charge in [0.05, 0.1) is 16.3 Å². The number of benzene rings is 1. The highest BCUT2D eigenvalue weighted by atomic mass is 32.1. The van der Waals surface area contributed by atoms with Crippen molar-refractivity contribution in [3.63, 3.8) is 0 Å². The van der Waals surface area contributed by atoms with Crippen molar-refractivity contribution in [3.8, 4) is 10.4 Å². The van der Waals surface area contributed by atoms with Gasteiger partial charge < -0.3 is 21.1 Å². The monoisotopic (exact) mass is 427 g/mol. The van der Waals surface area contributed by atoms with E-state index in [2.05, 4.69) is 5.32 Å². The topological polar surface area (TPSA) is 95.7 Å². The number of piperidine rings is 1. The number of nitrogens with zero attached hydrogens (tertiary/aromatic N) is 1. The number of nitrogens with two attached hydrogens (primary N) is 1. The number of likely N-dealkylation sites (tertiary alicyclic amines) is 1. The van der Waals surface area contributed by atoms with Crippen molar-refractivity contribution in [2.24, 2.45) is 0 Å². The normalized spacial score (nSPS) is 14.7. The number of carboxylic acid groups (broad SMARTS) is 1. The van der Waals surface area contributed by atoms with Crippen molar-refractivity contribution >= 4 is 46.0 Å². The van der Waals surface area contributed by atoms with Gasteiger partial charge in [-0.1, -0.05) is 12.1 Å². The summed E-state index contributed by atoms with van der Waals surface area (Å²) in [6.07, 6.45) is 0.699. The zero-order valence-corrected chi connectivity index (χ0v) is 17.3. The molecule has 3 aromatic rings. The lowest BCUT2D eigenvalue weighted by atomic mass is 9.95. The first-order chi connectivity index (χ1) is 14.0. The van der Waals surface area contributed by atoms with Crippen LogP contribution < -0.4 is 11.1 Å². The number of hydrogen-bond donors (Lipinski definition) is 3. The molecule has 0 radical (unpaired) electrons. The molecule has 29 heavy (non-hydrogen) atoms. The Hall–Kier alpha value is -2.84. The molecule has 0 unspecified atom stereocenters. The Kier molecular flexibility index (Phi) is 5.55. The minimum atomic E-state index is -0.864. The van der Waals surface area contributed by atoms with E-state index in [1.165, 1.54) is 16.2 Å². The van der Waals surface area contributed by atoms with E-state index in [4.69, 9.17) is 10.8 Å². The molecule has 1 aromatic carbocycles. The molecule has 1 aliphatic heterocycles. The number of hydrogen-bond acceptors (Lipinski definition) is 5. The van der Waals surface area contributed by atoms with E-state index in [1.54, 1.807) is 17.4 Å². The SMILES string of the molecule is Nc1ccc(-c2cccs2)cc1NC(=O)c1ccc(C2CCN(C(=O)O)CC2)s1. The standard InChI is InChI=1S/C21H21N3O3S2/c22-15-4-3-14(17-2-1-11-28-17)12-16(15)23-20(25)19-6-5-18(29-19)13-7-9-24(10-8-13)21(26)27/h1-6,11-13H,7-10,22H2,(H,23,25)(H,26,27). The number of nitrogen functional groups attached to an aromatic ring is 1. The second-order valence-electron chi connectivity index (χ2n) is 6.98. The van der Waals surface area contributed by atoms with Gasteiger partial charge in [0.2, 0.25) is 0 Å². The highest BCUT2D eigenvalue weighted by Gasteiger charge is 2.25. The lowest BCUT2D eigenvalue weighted by Crippen LogP contribution is -2.36. The zero-order valence-electron chi connectivity index (χ0n) is 15.6. The summed E-state index contributed by atoms with van der Waals surface area (Å²) in [5.74, 6) is 0.114. The van der Waals surface area contributed by atoms with Gasteiger partial charge in [0.1, 0.15) is 0 Å². The second kappa shape index (κ2) is 8.26. The molecule has 0 saturated carbocycles. The molecular weight excluding hydrogens is 406 g/mol. The van der Waals surface area contributed by atoms with Crippen LogP contribution in [0.25, 0.3) is 10.4 Å². The Morgan fingerprint density at radius 1 is 1.14 bits per heavy atom. The van der Waals surface area contributed by atoms with Crippen LogP contribution in [0.2, 0.25) is 0 Å².